The lowest BCUT2D eigenvalue weighted by atomic mass is 9.85. The van der Waals surface area contributed by atoms with E-state index >= 15 is 0 Å². The molecular formula is C18H27NO. The molecule has 0 saturated heterocycles. The highest BCUT2D eigenvalue weighted by Crippen LogP contribution is 2.30. The number of hydrogen-bond donors (Lipinski definition) is 1. The van der Waals surface area contributed by atoms with E-state index in [-0.39, 0.29) is 5.91 Å². The minimum atomic E-state index is -0.315. The van der Waals surface area contributed by atoms with Gasteiger partial charge in [-0.25, -0.2) is 0 Å². The maximum atomic E-state index is 11.6. The largest absolute Gasteiger partial charge is 0.366 e. The van der Waals surface area contributed by atoms with Crippen LogP contribution in [0.2, 0.25) is 0 Å². The Bertz CT molecular complexity index is 451. The van der Waals surface area contributed by atoms with E-state index in [1.54, 1.807) is 0 Å². The van der Waals surface area contributed by atoms with Crippen LogP contribution in [0.1, 0.15) is 73.4 Å². The Labute approximate surface area is 123 Å². The first kappa shape index (κ1) is 16.5. The number of allylic oxidation sites excluding steroid dienone is 1. The molecule has 20 heavy (non-hydrogen) atoms. The lowest BCUT2D eigenvalue weighted by Gasteiger charge is -2.20. The van der Waals surface area contributed by atoms with Crippen molar-refractivity contribution < 1.29 is 4.79 Å². The van der Waals surface area contributed by atoms with Crippen LogP contribution in [0.5, 0.6) is 0 Å². The van der Waals surface area contributed by atoms with Gasteiger partial charge in [0.1, 0.15) is 0 Å². The molecule has 0 heterocycles. The van der Waals surface area contributed by atoms with Gasteiger partial charge in [0, 0.05) is 5.56 Å². The van der Waals surface area contributed by atoms with E-state index in [4.69, 9.17) is 5.73 Å². The van der Waals surface area contributed by atoms with Gasteiger partial charge in [-0.2, -0.15) is 0 Å². The Morgan fingerprint density at radius 3 is 2.65 bits per heavy atom. The molecule has 0 aliphatic heterocycles. The Hall–Kier alpha value is -1.57. The van der Waals surface area contributed by atoms with Gasteiger partial charge in [0.25, 0.3) is 0 Å². The summed E-state index contributed by atoms with van der Waals surface area (Å²) in [5, 5.41) is 0. The topological polar surface area (TPSA) is 43.1 Å². The molecule has 0 fully saturated rings. The lowest BCUT2D eigenvalue weighted by molar-refractivity contribution is 0.0999. The zero-order valence-corrected chi connectivity index (χ0v) is 12.8. The summed E-state index contributed by atoms with van der Waals surface area (Å²) in [5.74, 6) is 0.208. The molecule has 1 atom stereocenters. The summed E-state index contributed by atoms with van der Waals surface area (Å²) in [4.78, 5) is 11.6. The first-order valence-corrected chi connectivity index (χ1v) is 7.68. The smallest absolute Gasteiger partial charge is 0.248 e. The fourth-order valence-corrected chi connectivity index (χ4v) is 2.87. The third kappa shape index (κ3) is 4.22. The van der Waals surface area contributed by atoms with Crippen molar-refractivity contribution in [2.75, 3.05) is 0 Å². The quantitative estimate of drug-likeness (QED) is 0.519. The summed E-state index contributed by atoms with van der Waals surface area (Å²) in [7, 11) is 0. The molecule has 2 nitrogen and oxygen atoms in total. The number of benzene rings is 1. The van der Waals surface area contributed by atoms with Crippen molar-refractivity contribution in [3.8, 4) is 0 Å². The van der Waals surface area contributed by atoms with Crippen LogP contribution in [-0.4, -0.2) is 5.91 Å². The summed E-state index contributed by atoms with van der Waals surface area (Å²) in [5.41, 5.74) is 8.62. The number of carbonyl (C=O) groups excluding carboxylic acids is 1. The minimum absolute atomic E-state index is 0.315. The molecule has 1 amide bonds. The average molecular weight is 273 g/mol. The van der Waals surface area contributed by atoms with Crippen molar-refractivity contribution in [1.82, 2.24) is 0 Å². The predicted octanol–water partition coefficient (Wildman–Crippen LogP) is 4.59. The van der Waals surface area contributed by atoms with Crippen LogP contribution in [0.25, 0.3) is 0 Å². The molecule has 0 aromatic heterocycles. The maximum Gasteiger partial charge on any atom is 0.248 e. The highest BCUT2D eigenvalue weighted by molar-refractivity contribution is 5.94. The molecule has 110 valence electrons. The monoisotopic (exact) mass is 273 g/mol. The molecular weight excluding hydrogens is 246 g/mol. The van der Waals surface area contributed by atoms with Crippen molar-refractivity contribution in [2.45, 2.75) is 58.3 Å². The number of nitrogens with two attached hydrogens (primary N) is 1. The molecule has 1 rings (SSSR count). The number of amides is 1. The third-order valence-corrected chi connectivity index (χ3v) is 3.97. The van der Waals surface area contributed by atoms with Crippen molar-refractivity contribution >= 4 is 5.91 Å². The fourth-order valence-electron chi connectivity index (χ4n) is 2.87. The Balaban J connectivity index is 2.93. The Morgan fingerprint density at radius 2 is 2.10 bits per heavy atom. The molecule has 0 bridgehead atoms. The molecule has 2 heteroatoms. The van der Waals surface area contributed by atoms with Gasteiger partial charge in [0.2, 0.25) is 5.91 Å². The van der Waals surface area contributed by atoms with E-state index < -0.39 is 0 Å². The molecule has 0 spiro atoms. The number of hydrogen-bond acceptors (Lipinski definition) is 1. The van der Waals surface area contributed by atoms with Crippen LogP contribution >= 0.6 is 0 Å². The Morgan fingerprint density at radius 1 is 1.35 bits per heavy atom. The predicted molar refractivity (Wildman–Crippen MR) is 86.0 cm³/mol. The normalized spacial score (nSPS) is 12.1. The van der Waals surface area contributed by atoms with Crippen molar-refractivity contribution in [2.24, 2.45) is 5.73 Å². The van der Waals surface area contributed by atoms with Crippen LogP contribution in [0.15, 0.2) is 30.9 Å². The summed E-state index contributed by atoms with van der Waals surface area (Å²) in [6.07, 6.45) is 8.58. The van der Waals surface area contributed by atoms with E-state index in [2.05, 4.69) is 26.5 Å². The van der Waals surface area contributed by atoms with E-state index in [0.717, 1.165) is 24.8 Å². The summed E-state index contributed by atoms with van der Waals surface area (Å²) in [6, 6.07) is 5.96. The van der Waals surface area contributed by atoms with Gasteiger partial charge in [-0.15, -0.1) is 6.58 Å². The standard InChI is InChI=1S/C18H27NO/c1-4-7-8-9-11-14(5-2)16-12-10-13-17(18(19)20)15(16)6-3/h4,10,12-14H,1,5-9,11H2,2-3H3,(H2,19,20). The van der Waals surface area contributed by atoms with E-state index in [1.807, 2.05) is 18.2 Å². The van der Waals surface area contributed by atoms with E-state index in [9.17, 15) is 4.79 Å². The van der Waals surface area contributed by atoms with Crippen LogP contribution in [0, 0.1) is 0 Å². The van der Waals surface area contributed by atoms with Crippen molar-refractivity contribution in [3.63, 3.8) is 0 Å². The molecule has 1 aromatic carbocycles. The number of primary amides is 1. The molecule has 1 unspecified atom stereocenters. The summed E-state index contributed by atoms with van der Waals surface area (Å²) >= 11 is 0. The summed E-state index contributed by atoms with van der Waals surface area (Å²) in [6.45, 7) is 8.07. The fraction of sp³-hybridized carbons (Fsp3) is 0.500. The minimum Gasteiger partial charge on any atom is -0.366 e. The lowest BCUT2D eigenvalue weighted by Crippen LogP contribution is -2.16. The highest BCUT2D eigenvalue weighted by atomic mass is 16.1. The van der Waals surface area contributed by atoms with Gasteiger partial charge >= 0.3 is 0 Å². The average Bonchev–Trinajstić information content (AvgIpc) is 2.46. The van der Waals surface area contributed by atoms with Gasteiger partial charge < -0.3 is 5.73 Å². The molecule has 0 saturated carbocycles. The second kappa shape index (κ2) is 8.57. The van der Waals surface area contributed by atoms with Crippen LogP contribution in [-0.2, 0) is 6.42 Å². The first-order valence-electron chi connectivity index (χ1n) is 7.68. The molecule has 0 aliphatic rings. The maximum absolute atomic E-state index is 11.6. The second-order valence-corrected chi connectivity index (χ2v) is 5.27. The Kier molecular flexibility index (Phi) is 7.06. The third-order valence-electron chi connectivity index (χ3n) is 3.97. The second-order valence-electron chi connectivity index (χ2n) is 5.27. The van der Waals surface area contributed by atoms with Crippen molar-refractivity contribution in [3.05, 3.63) is 47.5 Å². The zero-order valence-electron chi connectivity index (χ0n) is 12.8. The molecule has 0 aliphatic carbocycles. The van der Waals surface area contributed by atoms with E-state index in [0.29, 0.717) is 11.5 Å². The number of unbranched alkanes of at least 4 members (excludes halogenated alkanes) is 2. The SMILES string of the molecule is C=CCCCCC(CC)c1cccc(C(N)=O)c1CC. The molecule has 1 aromatic rings. The van der Waals surface area contributed by atoms with Crippen LogP contribution in [0.3, 0.4) is 0 Å². The highest BCUT2D eigenvalue weighted by Gasteiger charge is 2.17. The van der Waals surface area contributed by atoms with Gasteiger partial charge in [-0.1, -0.05) is 38.5 Å². The van der Waals surface area contributed by atoms with Crippen molar-refractivity contribution in [1.29, 1.82) is 0 Å². The summed E-state index contributed by atoms with van der Waals surface area (Å²) < 4.78 is 0. The van der Waals surface area contributed by atoms with Crippen LogP contribution < -0.4 is 5.73 Å². The van der Waals surface area contributed by atoms with E-state index in [1.165, 1.54) is 24.8 Å². The molecule has 0 radical (unpaired) electrons. The zero-order chi connectivity index (χ0) is 15.0. The number of rotatable bonds is 9. The first-order chi connectivity index (χ1) is 9.65. The van der Waals surface area contributed by atoms with Gasteiger partial charge in [0.15, 0.2) is 0 Å². The molecule has 2 N–H and O–H groups in total. The van der Waals surface area contributed by atoms with Gasteiger partial charge in [-0.3, -0.25) is 4.79 Å². The van der Waals surface area contributed by atoms with Gasteiger partial charge in [-0.05, 0) is 55.2 Å². The number of carbonyl (C=O) groups is 1. The van der Waals surface area contributed by atoms with Gasteiger partial charge in [0.05, 0.1) is 0 Å². The van der Waals surface area contributed by atoms with Crippen LogP contribution in [0.4, 0.5) is 0 Å².